The van der Waals surface area contributed by atoms with Crippen LogP contribution in [0.3, 0.4) is 0 Å². The third-order valence-corrected chi connectivity index (χ3v) is 4.23. The summed E-state index contributed by atoms with van der Waals surface area (Å²) in [5.74, 6) is 0.213. The van der Waals surface area contributed by atoms with Gasteiger partial charge in [0.15, 0.2) is 0 Å². The minimum Gasteiger partial charge on any atom is -0.351 e. The molecule has 1 amide bonds. The molecule has 0 aromatic carbocycles. The molecule has 0 bridgehead atoms. The molecule has 0 aliphatic carbocycles. The molecule has 0 spiro atoms. The van der Waals surface area contributed by atoms with Crippen molar-refractivity contribution < 1.29 is 4.79 Å². The zero-order valence-electron chi connectivity index (χ0n) is 11.7. The number of likely N-dealkylation sites (N-methyl/N-ethyl adjacent to an activating group) is 1. The van der Waals surface area contributed by atoms with Crippen LogP contribution in [0.25, 0.3) is 0 Å². The first-order valence-corrected chi connectivity index (χ1v) is 7.47. The lowest BCUT2D eigenvalue weighted by Crippen LogP contribution is -2.55. The van der Waals surface area contributed by atoms with Gasteiger partial charge >= 0.3 is 0 Å². The van der Waals surface area contributed by atoms with E-state index in [1.165, 1.54) is 19.4 Å². The standard InChI is InChI=1S/C14H27N3O/c1-3-17-9-5-7-12(10-17)16-14(18)13-8-4-6-11(2)15-13/h11-13,15H,3-10H2,1-2H3,(H,16,18). The zero-order chi connectivity index (χ0) is 13.0. The molecule has 2 rings (SSSR count). The molecule has 2 N–H and O–H groups in total. The van der Waals surface area contributed by atoms with Gasteiger partial charge in [-0.15, -0.1) is 0 Å². The van der Waals surface area contributed by atoms with Crippen molar-refractivity contribution in [1.29, 1.82) is 0 Å². The van der Waals surface area contributed by atoms with E-state index < -0.39 is 0 Å². The lowest BCUT2D eigenvalue weighted by Gasteiger charge is -2.34. The topological polar surface area (TPSA) is 44.4 Å². The predicted molar refractivity (Wildman–Crippen MR) is 73.5 cm³/mol. The van der Waals surface area contributed by atoms with E-state index >= 15 is 0 Å². The molecule has 2 aliphatic heterocycles. The van der Waals surface area contributed by atoms with Crippen molar-refractivity contribution in [3.8, 4) is 0 Å². The van der Waals surface area contributed by atoms with Gasteiger partial charge < -0.3 is 15.5 Å². The first-order chi connectivity index (χ1) is 8.69. The molecule has 0 aromatic heterocycles. The van der Waals surface area contributed by atoms with Crippen molar-refractivity contribution in [3.63, 3.8) is 0 Å². The summed E-state index contributed by atoms with van der Waals surface area (Å²) in [6.07, 6.45) is 5.67. The van der Waals surface area contributed by atoms with E-state index in [1.807, 2.05) is 0 Å². The third-order valence-electron chi connectivity index (χ3n) is 4.23. The Morgan fingerprint density at radius 2 is 2.17 bits per heavy atom. The number of carbonyl (C=O) groups is 1. The van der Waals surface area contributed by atoms with Gasteiger partial charge in [0.05, 0.1) is 6.04 Å². The van der Waals surface area contributed by atoms with E-state index in [0.717, 1.165) is 32.4 Å². The zero-order valence-corrected chi connectivity index (χ0v) is 11.7. The molecule has 2 aliphatic rings. The summed E-state index contributed by atoms with van der Waals surface area (Å²) >= 11 is 0. The van der Waals surface area contributed by atoms with Gasteiger partial charge in [-0.05, 0) is 52.1 Å². The van der Waals surface area contributed by atoms with E-state index in [-0.39, 0.29) is 11.9 Å². The fraction of sp³-hybridized carbons (Fsp3) is 0.929. The van der Waals surface area contributed by atoms with Crippen molar-refractivity contribution in [2.75, 3.05) is 19.6 Å². The van der Waals surface area contributed by atoms with Crippen molar-refractivity contribution in [2.45, 2.75) is 64.1 Å². The van der Waals surface area contributed by atoms with Crippen LogP contribution >= 0.6 is 0 Å². The molecule has 2 saturated heterocycles. The minimum absolute atomic E-state index is 0.0331. The molecule has 0 saturated carbocycles. The number of nitrogens with one attached hydrogen (secondary N) is 2. The second kappa shape index (κ2) is 6.53. The Bertz CT molecular complexity index is 282. The molecule has 2 fully saturated rings. The molecule has 4 heteroatoms. The van der Waals surface area contributed by atoms with Crippen LogP contribution in [-0.2, 0) is 4.79 Å². The smallest absolute Gasteiger partial charge is 0.237 e. The highest BCUT2D eigenvalue weighted by atomic mass is 16.2. The maximum atomic E-state index is 12.2. The number of hydrogen-bond acceptors (Lipinski definition) is 3. The van der Waals surface area contributed by atoms with Crippen LogP contribution in [0, 0.1) is 0 Å². The van der Waals surface area contributed by atoms with Crippen molar-refractivity contribution >= 4 is 5.91 Å². The summed E-state index contributed by atoms with van der Waals surface area (Å²) in [6.45, 7) is 7.64. The van der Waals surface area contributed by atoms with Gasteiger partial charge in [0.2, 0.25) is 5.91 Å². The lowest BCUT2D eigenvalue weighted by molar-refractivity contribution is -0.125. The van der Waals surface area contributed by atoms with Crippen LogP contribution in [0.5, 0.6) is 0 Å². The Kier molecular flexibility index (Phi) is 5.01. The Balaban J connectivity index is 1.79. The van der Waals surface area contributed by atoms with Gasteiger partial charge in [0, 0.05) is 18.6 Å². The minimum atomic E-state index is 0.0331. The van der Waals surface area contributed by atoms with Crippen LogP contribution in [0.4, 0.5) is 0 Å². The fourth-order valence-electron chi connectivity index (χ4n) is 3.11. The van der Waals surface area contributed by atoms with Crippen LogP contribution in [0.1, 0.15) is 46.0 Å². The molecule has 0 radical (unpaired) electrons. The second-order valence-corrected chi connectivity index (χ2v) is 5.79. The van der Waals surface area contributed by atoms with Crippen molar-refractivity contribution in [1.82, 2.24) is 15.5 Å². The molecule has 3 atom stereocenters. The number of hydrogen-bond donors (Lipinski definition) is 2. The average Bonchev–Trinajstić information content (AvgIpc) is 2.39. The summed E-state index contributed by atoms with van der Waals surface area (Å²) in [6, 6.07) is 0.865. The highest BCUT2D eigenvalue weighted by Gasteiger charge is 2.27. The maximum Gasteiger partial charge on any atom is 0.237 e. The predicted octanol–water partition coefficient (Wildman–Crippen LogP) is 1.12. The number of nitrogens with zero attached hydrogens (tertiary/aromatic N) is 1. The maximum absolute atomic E-state index is 12.2. The monoisotopic (exact) mass is 253 g/mol. The molecule has 104 valence electrons. The highest BCUT2D eigenvalue weighted by molar-refractivity contribution is 5.82. The van der Waals surface area contributed by atoms with E-state index in [0.29, 0.717) is 12.1 Å². The number of amides is 1. The van der Waals surface area contributed by atoms with Crippen LogP contribution in [-0.4, -0.2) is 48.6 Å². The van der Waals surface area contributed by atoms with Gasteiger partial charge in [0.25, 0.3) is 0 Å². The first-order valence-electron chi connectivity index (χ1n) is 7.47. The number of likely N-dealkylation sites (tertiary alicyclic amines) is 1. The number of piperidine rings is 2. The summed E-state index contributed by atoms with van der Waals surface area (Å²) in [7, 11) is 0. The van der Waals surface area contributed by atoms with E-state index in [4.69, 9.17) is 0 Å². The van der Waals surface area contributed by atoms with Crippen LogP contribution < -0.4 is 10.6 Å². The lowest BCUT2D eigenvalue weighted by atomic mass is 9.98. The van der Waals surface area contributed by atoms with Gasteiger partial charge in [-0.2, -0.15) is 0 Å². The third kappa shape index (κ3) is 3.69. The molecule has 4 nitrogen and oxygen atoms in total. The number of rotatable bonds is 3. The highest BCUT2D eigenvalue weighted by Crippen LogP contribution is 2.14. The Labute approximate surface area is 110 Å². The SMILES string of the molecule is CCN1CCCC(NC(=O)C2CCCC(C)N2)C1. The molecular formula is C14H27N3O. The van der Waals surface area contributed by atoms with Gasteiger partial charge in [-0.25, -0.2) is 0 Å². The van der Waals surface area contributed by atoms with Crippen LogP contribution in [0.2, 0.25) is 0 Å². The molecule has 2 heterocycles. The summed E-state index contributed by atoms with van der Waals surface area (Å²) in [5, 5.41) is 6.64. The molecule has 18 heavy (non-hydrogen) atoms. The fourth-order valence-corrected chi connectivity index (χ4v) is 3.11. The summed E-state index contributed by atoms with van der Waals surface area (Å²) in [4.78, 5) is 14.6. The van der Waals surface area contributed by atoms with Gasteiger partial charge in [0.1, 0.15) is 0 Å². The first kappa shape index (κ1) is 13.8. The molecule has 3 unspecified atom stereocenters. The van der Waals surface area contributed by atoms with Crippen LogP contribution in [0.15, 0.2) is 0 Å². The van der Waals surface area contributed by atoms with E-state index in [1.54, 1.807) is 0 Å². The number of carbonyl (C=O) groups excluding carboxylic acids is 1. The van der Waals surface area contributed by atoms with E-state index in [2.05, 4.69) is 29.4 Å². The normalized spacial score (nSPS) is 34.2. The Hall–Kier alpha value is -0.610. The summed E-state index contributed by atoms with van der Waals surface area (Å²) in [5.41, 5.74) is 0. The average molecular weight is 253 g/mol. The van der Waals surface area contributed by atoms with E-state index in [9.17, 15) is 4.79 Å². The molecule has 0 aromatic rings. The summed E-state index contributed by atoms with van der Waals surface area (Å²) < 4.78 is 0. The largest absolute Gasteiger partial charge is 0.351 e. The van der Waals surface area contributed by atoms with Crippen molar-refractivity contribution in [3.05, 3.63) is 0 Å². The van der Waals surface area contributed by atoms with Gasteiger partial charge in [-0.1, -0.05) is 6.92 Å². The molecular weight excluding hydrogens is 226 g/mol. The quantitative estimate of drug-likeness (QED) is 0.792. The van der Waals surface area contributed by atoms with Crippen molar-refractivity contribution in [2.24, 2.45) is 0 Å². The Morgan fingerprint density at radius 3 is 2.89 bits per heavy atom. The Morgan fingerprint density at radius 1 is 1.33 bits per heavy atom. The van der Waals surface area contributed by atoms with Gasteiger partial charge in [-0.3, -0.25) is 4.79 Å². The second-order valence-electron chi connectivity index (χ2n) is 5.79.